The van der Waals surface area contributed by atoms with E-state index in [4.69, 9.17) is 28.9 Å². The monoisotopic (exact) mass is 364 g/mol. The zero-order valence-electron chi connectivity index (χ0n) is 10.9. The molecule has 0 heterocycles. The van der Waals surface area contributed by atoms with E-state index in [9.17, 15) is 21.6 Å². The second-order valence-electron chi connectivity index (χ2n) is 4.23. The van der Waals surface area contributed by atoms with Crippen molar-refractivity contribution in [2.75, 3.05) is 18.8 Å². The maximum absolute atomic E-state index is 12.5. The van der Waals surface area contributed by atoms with Crippen molar-refractivity contribution in [1.82, 2.24) is 4.31 Å². The van der Waals surface area contributed by atoms with Crippen molar-refractivity contribution in [2.24, 2.45) is 0 Å². The summed E-state index contributed by atoms with van der Waals surface area (Å²) in [4.78, 5) is -0.497. The number of nitrogens with zero attached hydrogens (tertiary/aromatic N) is 1. The largest absolute Gasteiger partial charge is 0.402 e. The molecule has 0 amide bonds. The van der Waals surface area contributed by atoms with Gasteiger partial charge in [0.1, 0.15) is 11.4 Å². The van der Waals surface area contributed by atoms with Gasteiger partial charge in [-0.3, -0.25) is 0 Å². The van der Waals surface area contributed by atoms with Crippen LogP contribution in [0.2, 0.25) is 10.0 Å². The topological polar surface area (TPSA) is 63.4 Å². The molecule has 2 N–H and O–H groups in total. The van der Waals surface area contributed by atoms with Gasteiger partial charge in [0.2, 0.25) is 10.0 Å². The van der Waals surface area contributed by atoms with Gasteiger partial charge in [0.15, 0.2) is 0 Å². The molecule has 10 heteroatoms. The number of nitrogens with two attached hydrogens (primary N) is 1. The van der Waals surface area contributed by atoms with E-state index in [1.165, 1.54) is 6.07 Å². The van der Waals surface area contributed by atoms with Gasteiger partial charge in [0.05, 0.1) is 15.7 Å². The minimum Gasteiger partial charge on any atom is -0.396 e. The molecular weight excluding hydrogens is 352 g/mol. The van der Waals surface area contributed by atoms with Crippen molar-refractivity contribution in [1.29, 1.82) is 0 Å². The number of hydrogen-bond donors (Lipinski definition) is 1. The van der Waals surface area contributed by atoms with Gasteiger partial charge in [-0.2, -0.15) is 17.5 Å². The minimum absolute atomic E-state index is 0.0248. The van der Waals surface area contributed by atoms with E-state index in [1.54, 1.807) is 6.92 Å². The Balaban J connectivity index is 3.33. The minimum atomic E-state index is -4.66. The predicted molar refractivity (Wildman–Crippen MR) is 76.0 cm³/mol. The van der Waals surface area contributed by atoms with E-state index in [2.05, 4.69) is 0 Å². The first-order chi connectivity index (χ1) is 9.50. The van der Waals surface area contributed by atoms with Crippen LogP contribution in [0.1, 0.15) is 13.3 Å². The molecule has 21 heavy (non-hydrogen) atoms. The van der Waals surface area contributed by atoms with Crippen LogP contribution < -0.4 is 5.73 Å². The smallest absolute Gasteiger partial charge is 0.396 e. The zero-order valence-corrected chi connectivity index (χ0v) is 13.2. The number of alkyl halides is 3. The van der Waals surface area contributed by atoms with Gasteiger partial charge >= 0.3 is 6.18 Å². The van der Waals surface area contributed by atoms with Crippen LogP contribution in [0.15, 0.2) is 17.0 Å². The van der Waals surface area contributed by atoms with Crippen LogP contribution in [0.4, 0.5) is 18.9 Å². The third-order valence-electron chi connectivity index (χ3n) is 2.54. The molecule has 120 valence electrons. The quantitative estimate of drug-likeness (QED) is 0.812. The van der Waals surface area contributed by atoms with Crippen molar-refractivity contribution >= 4 is 38.9 Å². The Labute approximate surface area is 130 Å². The molecule has 0 atom stereocenters. The van der Waals surface area contributed by atoms with E-state index in [1.807, 2.05) is 0 Å². The van der Waals surface area contributed by atoms with Gasteiger partial charge in [-0.15, -0.1) is 0 Å². The van der Waals surface area contributed by atoms with E-state index in [-0.39, 0.29) is 28.7 Å². The highest BCUT2D eigenvalue weighted by atomic mass is 35.5. The number of hydrogen-bond acceptors (Lipinski definition) is 3. The first kappa shape index (κ1) is 18.3. The van der Waals surface area contributed by atoms with Crippen LogP contribution in [0.25, 0.3) is 0 Å². The number of anilines is 1. The Morgan fingerprint density at radius 1 is 1.29 bits per heavy atom. The molecule has 0 bridgehead atoms. The van der Waals surface area contributed by atoms with Gasteiger partial charge in [-0.05, 0) is 18.6 Å². The van der Waals surface area contributed by atoms with E-state index in [0.717, 1.165) is 6.07 Å². The van der Waals surface area contributed by atoms with Crippen LogP contribution in [-0.2, 0) is 10.0 Å². The number of benzene rings is 1. The summed E-state index contributed by atoms with van der Waals surface area (Å²) in [5.74, 6) is 0. The fourth-order valence-electron chi connectivity index (χ4n) is 1.62. The first-order valence-corrected chi connectivity index (χ1v) is 8.00. The lowest BCUT2D eigenvalue weighted by Gasteiger charge is -2.23. The maximum atomic E-state index is 12.5. The van der Waals surface area contributed by atoms with E-state index < -0.39 is 27.6 Å². The summed E-state index contributed by atoms with van der Waals surface area (Å²) in [5.41, 5.74) is 5.32. The number of rotatable bonds is 5. The molecule has 0 saturated carbocycles. The molecule has 0 radical (unpaired) electrons. The molecule has 0 aromatic heterocycles. The summed E-state index contributed by atoms with van der Waals surface area (Å²) < 4.78 is 62.6. The standard InChI is InChI=1S/C11H13Cl2F3N2O2S/c1-2-5-18(6-11(14,15)16)21(19,20)8-4-3-7(12)10(17)9(8)13/h3-4H,2,5-6,17H2,1H3. The third-order valence-corrected chi connectivity index (χ3v) is 5.27. The molecule has 1 aromatic rings. The Morgan fingerprint density at radius 2 is 1.86 bits per heavy atom. The summed E-state index contributed by atoms with van der Waals surface area (Å²) in [6.07, 6.45) is -4.44. The zero-order chi connectivity index (χ0) is 16.4. The highest BCUT2D eigenvalue weighted by Crippen LogP contribution is 2.35. The molecular formula is C11H13Cl2F3N2O2S. The van der Waals surface area contributed by atoms with E-state index >= 15 is 0 Å². The van der Waals surface area contributed by atoms with Crippen LogP contribution in [0, 0.1) is 0 Å². The molecule has 0 fully saturated rings. The number of halogens is 5. The van der Waals surface area contributed by atoms with Crippen LogP contribution in [-0.4, -0.2) is 32.0 Å². The maximum Gasteiger partial charge on any atom is 0.402 e. The second-order valence-corrected chi connectivity index (χ2v) is 6.92. The Morgan fingerprint density at radius 3 is 2.33 bits per heavy atom. The summed E-state index contributed by atoms with van der Waals surface area (Å²) in [7, 11) is -4.42. The highest BCUT2D eigenvalue weighted by molar-refractivity contribution is 7.89. The molecule has 1 aromatic carbocycles. The molecule has 1 rings (SSSR count). The fourth-order valence-corrected chi connectivity index (χ4v) is 3.88. The van der Waals surface area contributed by atoms with Crippen molar-refractivity contribution < 1.29 is 21.6 Å². The Hall–Kier alpha value is -0.700. The Bertz CT molecular complexity index is 621. The van der Waals surface area contributed by atoms with Crippen LogP contribution in [0.5, 0.6) is 0 Å². The van der Waals surface area contributed by atoms with Crippen molar-refractivity contribution in [2.45, 2.75) is 24.4 Å². The molecule has 0 unspecified atom stereocenters. The second kappa shape index (κ2) is 6.60. The normalized spacial score (nSPS) is 12.9. The van der Waals surface area contributed by atoms with Gasteiger partial charge in [0.25, 0.3) is 0 Å². The van der Waals surface area contributed by atoms with Crippen LogP contribution >= 0.6 is 23.2 Å². The summed E-state index contributed by atoms with van der Waals surface area (Å²) in [6.45, 7) is -0.320. The van der Waals surface area contributed by atoms with Crippen LogP contribution in [0.3, 0.4) is 0 Å². The average molecular weight is 365 g/mol. The lowest BCUT2D eigenvalue weighted by molar-refractivity contribution is -0.136. The number of nitrogen functional groups attached to an aromatic ring is 1. The molecule has 4 nitrogen and oxygen atoms in total. The first-order valence-electron chi connectivity index (χ1n) is 5.81. The van der Waals surface area contributed by atoms with Crippen molar-refractivity contribution in [3.05, 3.63) is 22.2 Å². The Kier molecular flexibility index (Phi) is 5.76. The molecule has 0 aliphatic heterocycles. The molecule has 0 spiro atoms. The van der Waals surface area contributed by atoms with Gasteiger partial charge in [-0.25, -0.2) is 8.42 Å². The lowest BCUT2D eigenvalue weighted by Crippen LogP contribution is -2.39. The number of sulfonamides is 1. The van der Waals surface area contributed by atoms with Gasteiger partial charge in [-0.1, -0.05) is 30.1 Å². The van der Waals surface area contributed by atoms with Gasteiger partial charge < -0.3 is 5.73 Å². The average Bonchev–Trinajstić information content (AvgIpc) is 2.33. The molecule has 0 saturated heterocycles. The SMILES string of the molecule is CCCN(CC(F)(F)F)S(=O)(=O)c1ccc(Cl)c(N)c1Cl. The van der Waals surface area contributed by atoms with Crippen molar-refractivity contribution in [3.8, 4) is 0 Å². The fraction of sp³-hybridized carbons (Fsp3) is 0.455. The van der Waals surface area contributed by atoms with Crippen molar-refractivity contribution in [3.63, 3.8) is 0 Å². The summed E-state index contributed by atoms with van der Waals surface area (Å²) in [6, 6.07) is 2.21. The summed E-state index contributed by atoms with van der Waals surface area (Å²) >= 11 is 11.5. The highest BCUT2D eigenvalue weighted by Gasteiger charge is 2.37. The molecule has 0 aliphatic carbocycles. The van der Waals surface area contributed by atoms with E-state index in [0.29, 0.717) is 4.31 Å². The molecule has 0 aliphatic rings. The van der Waals surface area contributed by atoms with Gasteiger partial charge in [0, 0.05) is 6.54 Å². The third kappa shape index (κ3) is 4.38. The predicted octanol–water partition coefficient (Wildman–Crippen LogP) is 3.54. The lowest BCUT2D eigenvalue weighted by atomic mass is 10.3. The summed E-state index contributed by atoms with van der Waals surface area (Å²) in [5, 5.41) is -0.359.